The molecule has 0 saturated carbocycles. The van der Waals surface area contributed by atoms with Crippen molar-refractivity contribution in [3.63, 3.8) is 0 Å². The number of anilines is 1. The van der Waals surface area contributed by atoms with Gasteiger partial charge in [0.25, 0.3) is 11.6 Å². The number of nitro benzene ring substituents is 1. The van der Waals surface area contributed by atoms with Crippen LogP contribution in [0.25, 0.3) is 11.1 Å². The maximum Gasteiger partial charge on any atom is 0.329 e. The molecule has 3 aromatic carbocycles. The third-order valence-electron chi connectivity index (χ3n) is 5.43. The highest BCUT2D eigenvalue weighted by Crippen LogP contribution is 2.38. The van der Waals surface area contributed by atoms with E-state index >= 15 is 0 Å². The number of benzene rings is 3. The van der Waals surface area contributed by atoms with Crippen LogP contribution < -0.4 is 14.5 Å². The SMILES string of the molecule is COc1c(C)cc(N2N=C(C)C(C(=O)Oc3ccc([N+](=O)[O-])cc3)C2=O)cc1-c1ccccc1. The lowest BCUT2D eigenvalue weighted by atomic mass is 10.00. The lowest BCUT2D eigenvalue weighted by Gasteiger charge is -2.19. The summed E-state index contributed by atoms with van der Waals surface area (Å²) in [7, 11) is 1.59. The molecule has 1 unspecified atom stereocenters. The number of amides is 1. The fourth-order valence-electron chi connectivity index (χ4n) is 3.81. The molecule has 9 heteroatoms. The molecule has 172 valence electrons. The van der Waals surface area contributed by atoms with E-state index in [1.54, 1.807) is 26.2 Å². The van der Waals surface area contributed by atoms with Crippen LogP contribution >= 0.6 is 0 Å². The van der Waals surface area contributed by atoms with Gasteiger partial charge in [0.1, 0.15) is 11.5 Å². The first kappa shape index (κ1) is 22.7. The second-order valence-corrected chi connectivity index (χ2v) is 7.71. The molecule has 1 heterocycles. The van der Waals surface area contributed by atoms with E-state index in [4.69, 9.17) is 9.47 Å². The highest BCUT2D eigenvalue weighted by atomic mass is 16.6. The van der Waals surface area contributed by atoms with Gasteiger partial charge in [-0.2, -0.15) is 10.1 Å². The smallest absolute Gasteiger partial charge is 0.329 e. The van der Waals surface area contributed by atoms with Gasteiger partial charge in [-0.15, -0.1) is 0 Å². The largest absolute Gasteiger partial charge is 0.496 e. The van der Waals surface area contributed by atoms with Gasteiger partial charge in [-0.25, -0.2) is 0 Å². The number of hydrogen-bond donors (Lipinski definition) is 0. The van der Waals surface area contributed by atoms with Crippen molar-refractivity contribution in [2.45, 2.75) is 13.8 Å². The summed E-state index contributed by atoms with van der Waals surface area (Å²) in [6.07, 6.45) is 0. The highest BCUT2D eigenvalue weighted by Gasteiger charge is 2.41. The average molecular weight is 459 g/mol. The summed E-state index contributed by atoms with van der Waals surface area (Å²) < 4.78 is 10.9. The van der Waals surface area contributed by atoms with E-state index in [-0.39, 0.29) is 17.1 Å². The predicted molar refractivity (Wildman–Crippen MR) is 126 cm³/mol. The molecule has 0 spiro atoms. The number of nitro groups is 1. The fourth-order valence-corrected chi connectivity index (χ4v) is 3.81. The van der Waals surface area contributed by atoms with Gasteiger partial charge in [0.2, 0.25) is 0 Å². The van der Waals surface area contributed by atoms with Crippen LogP contribution in [0.1, 0.15) is 12.5 Å². The van der Waals surface area contributed by atoms with Crippen molar-refractivity contribution in [3.05, 3.63) is 82.4 Å². The van der Waals surface area contributed by atoms with Crippen LogP contribution in [-0.2, 0) is 9.59 Å². The van der Waals surface area contributed by atoms with Crippen LogP contribution in [-0.4, -0.2) is 29.6 Å². The third-order valence-corrected chi connectivity index (χ3v) is 5.43. The summed E-state index contributed by atoms with van der Waals surface area (Å²) in [5, 5.41) is 16.3. The quantitative estimate of drug-likeness (QED) is 0.176. The van der Waals surface area contributed by atoms with Gasteiger partial charge in [0.15, 0.2) is 5.92 Å². The summed E-state index contributed by atoms with van der Waals surface area (Å²) >= 11 is 0. The molecule has 0 aliphatic carbocycles. The van der Waals surface area contributed by atoms with E-state index < -0.39 is 22.7 Å². The van der Waals surface area contributed by atoms with Gasteiger partial charge >= 0.3 is 5.97 Å². The number of carbonyl (C=O) groups is 2. The maximum atomic E-state index is 13.2. The zero-order valence-electron chi connectivity index (χ0n) is 18.7. The molecule has 9 nitrogen and oxygen atoms in total. The van der Waals surface area contributed by atoms with Crippen LogP contribution in [0.15, 0.2) is 71.8 Å². The number of nitrogens with zero attached hydrogens (tertiary/aromatic N) is 3. The Hall–Kier alpha value is -4.53. The minimum Gasteiger partial charge on any atom is -0.496 e. The minimum atomic E-state index is -1.22. The number of non-ortho nitro benzene ring substituents is 1. The van der Waals surface area contributed by atoms with Gasteiger partial charge in [0.05, 0.1) is 23.4 Å². The summed E-state index contributed by atoms with van der Waals surface area (Å²) in [4.78, 5) is 36.2. The summed E-state index contributed by atoms with van der Waals surface area (Å²) in [5.74, 6) is -1.81. The molecule has 1 atom stereocenters. The number of rotatable bonds is 6. The van der Waals surface area contributed by atoms with E-state index in [0.29, 0.717) is 11.4 Å². The number of aryl methyl sites for hydroxylation is 1. The Bertz CT molecular complexity index is 1300. The highest BCUT2D eigenvalue weighted by molar-refractivity contribution is 6.25. The molecule has 1 aliphatic heterocycles. The Balaban J connectivity index is 1.61. The first-order chi connectivity index (χ1) is 16.3. The van der Waals surface area contributed by atoms with E-state index in [2.05, 4.69) is 5.10 Å². The Morgan fingerprint density at radius 3 is 2.35 bits per heavy atom. The van der Waals surface area contributed by atoms with Crippen LogP contribution in [0.3, 0.4) is 0 Å². The zero-order valence-corrected chi connectivity index (χ0v) is 18.7. The Morgan fingerprint density at radius 1 is 1.06 bits per heavy atom. The van der Waals surface area contributed by atoms with Crippen LogP contribution in [0, 0.1) is 23.0 Å². The van der Waals surface area contributed by atoms with E-state index in [0.717, 1.165) is 16.7 Å². The van der Waals surface area contributed by atoms with E-state index in [1.165, 1.54) is 29.3 Å². The molecule has 1 aliphatic rings. The molecule has 1 amide bonds. The fraction of sp³-hybridized carbons (Fsp3) is 0.160. The van der Waals surface area contributed by atoms with Gasteiger partial charge in [-0.1, -0.05) is 30.3 Å². The van der Waals surface area contributed by atoms with Gasteiger partial charge in [-0.05, 0) is 49.2 Å². The number of esters is 1. The monoisotopic (exact) mass is 459 g/mol. The maximum absolute atomic E-state index is 13.2. The lowest BCUT2D eigenvalue weighted by molar-refractivity contribution is -0.384. The van der Waals surface area contributed by atoms with Crippen molar-refractivity contribution in [2.24, 2.45) is 11.0 Å². The Kier molecular flexibility index (Phi) is 6.09. The number of hydrogen-bond acceptors (Lipinski definition) is 7. The zero-order chi connectivity index (χ0) is 24.4. The molecule has 0 saturated heterocycles. The second-order valence-electron chi connectivity index (χ2n) is 7.71. The molecule has 0 radical (unpaired) electrons. The molecular formula is C25H21N3O6. The topological polar surface area (TPSA) is 111 Å². The first-order valence-corrected chi connectivity index (χ1v) is 10.4. The molecular weight excluding hydrogens is 438 g/mol. The van der Waals surface area contributed by atoms with Crippen molar-refractivity contribution >= 4 is 29.0 Å². The molecule has 0 aromatic heterocycles. The van der Waals surface area contributed by atoms with Crippen molar-refractivity contribution in [3.8, 4) is 22.6 Å². The van der Waals surface area contributed by atoms with Gasteiger partial charge in [-0.3, -0.25) is 19.7 Å². The summed E-state index contributed by atoms with van der Waals surface area (Å²) in [5.41, 5.74) is 3.14. The van der Waals surface area contributed by atoms with Crippen molar-refractivity contribution in [1.29, 1.82) is 0 Å². The van der Waals surface area contributed by atoms with Crippen molar-refractivity contribution in [2.75, 3.05) is 12.1 Å². The molecule has 0 bridgehead atoms. The van der Waals surface area contributed by atoms with Gasteiger partial charge < -0.3 is 9.47 Å². The number of carbonyl (C=O) groups excluding carboxylic acids is 2. The number of ether oxygens (including phenoxy) is 2. The summed E-state index contributed by atoms with van der Waals surface area (Å²) in [6, 6.07) is 18.2. The van der Waals surface area contributed by atoms with Crippen LogP contribution in [0.4, 0.5) is 11.4 Å². The molecule has 3 aromatic rings. The van der Waals surface area contributed by atoms with E-state index in [9.17, 15) is 19.7 Å². The number of hydrazone groups is 1. The predicted octanol–water partition coefficient (Wildman–Crippen LogP) is 4.52. The van der Waals surface area contributed by atoms with Crippen molar-refractivity contribution in [1.82, 2.24) is 0 Å². The van der Waals surface area contributed by atoms with Crippen molar-refractivity contribution < 1.29 is 24.0 Å². The summed E-state index contributed by atoms with van der Waals surface area (Å²) in [6.45, 7) is 3.44. The Labute approximate surface area is 195 Å². The molecule has 0 fully saturated rings. The molecule has 0 N–H and O–H groups in total. The molecule has 4 rings (SSSR count). The minimum absolute atomic E-state index is 0.0984. The van der Waals surface area contributed by atoms with Crippen LogP contribution in [0.5, 0.6) is 11.5 Å². The second kappa shape index (κ2) is 9.14. The molecule has 34 heavy (non-hydrogen) atoms. The van der Waals surface area contributed by atoms with E-state index in [1.807, 2.05) is 37.3 Å². The lowest BCUT2D eigenvalue weighted by Crippen LogP contribution is -2.35. The van der Waals surface area contributed by atoms with Crippen LogP contribution in [0.2, 0.25) is 0 Å². The normalized spacial score (nSPS) is 15.1. The number of methoxy groups -OCH3 is 1. The van der Waals surface area contributed by atoms with Gasteiger partial charge in [0, 0.05) is 17.7 Å². The third kappa shape index (κ3) is 4.23. The standard InChI is InChI=1S/C25H21N3O6/c1-15-13-19(14-21(23(15)33-3)17-7-5-4-6-8-17)27-24(29)22(16(2)26-27)25(30)34-20-11-9-18(10-12-20)28(31)32/h4-14,22H,1-3H3. The Morgan fingerprint density at radius 2 is 1.74 bits per heavy atom. The average Bonchev–Trinajstić information content (AvgIpc) is 3.13. The first-order valence-electron chi connectivity index (χ1n) is 10.4.